The van der Waals surface area contributed by atoms with Crippen LogP contribution in [0.2, 0.25) is 0 Å². The average molecular weight is 401 g/mol. The van der Waals surface area contributed by atoms with Gasteiger partial charge < -0.3 is 10.1 Å². The molecule has 0 radical (unpaired) electrons. The van der Waals surface area contributed by atoms with E-state index in [0.29, 0.717) is 30.9 Å². The van der Waals surface area contributed by atoms with Crippen LogP contribution in [0.15, 0.2) is 90.0 Å². The first-order valence-corrected chi connectivity index (χ1v) is 9.63. The van der Waals surface area contributed by atoms with Crippen LogP contribution in [-0.4, -0.2) is 24.6 Å². The minimum Gasteiger partial charge on any atom is -0.488 e. The number of para-hydroxylation sites is 1. The molecule has 6 heteroatoms. The Kier molecular flexibility index (Phi) is 7.74. The first-order valence-electron chi connectivity index (χ1n) is 9.63. The maximum atomic E-state index is 11.9. The summed E-state index contributed by atoms with van der Waals surface area (Å²) >= 11 is 0. The van der Waals surface area contributed by atoms with Crippen LogP contribution in [0.3, 0.4) is 0 Å². The Morgan fingerprint density at radius 3 is 2.17 bits per heavy atom. The summed E-state index contributed by atoms with van der Waals surface area (Å²) < 4.78 is 5.84. The maximum absolute atomic E-state index is 11.9. The van der Waals surface area contributed by atoms with E-state index < -0.39 is 11.8 Å². The average Bonchev–Trinajstić information content (AvgIpc) is 2.79. The highest BCUT2D eigenvalue weighted by molar-refractivity contribution is 6.35. The third-order valence-corrected chi connectivity index (χ3v) is 4.27. The van der Waals surface area contributed by atoms with Crippen molar-refractivity contribution in [3.63, 3.8) is 0 Å². The van der Waals surface area contributed by atoms with E-state index in [0.717, 1.165) is 11.1 Å². The predicted octanol–water partition coefficient (Wildman–Crippen LogP) is 3.07. The first kappa shape index (κ1) is 20.8. The maximum Gasteiger partial charge on any atom is 0.329 e. The summed E-state index contributed by atoms with van der Waals surface area (Å²) in [4.78, 5) is 23.8. The lowest BCUT2D eigenvalue weighted by atomic mass is 10.1. The molecule has 0 aromatic heterocycles. The lowest BCUT2D eigenvalue weighted by Gasteiger charge is -2.09. The van der Waals surface area contributed by atoms with Gasteiger partial charge in [-0.05, 0) is 29.7 Å². The van der Waals surface area contributed by atoms with Crippen molar-refractivity contribution < 1.29 is 14.3 Å². The van der Waals surface area contributed by atoms with Gasteiger partial charge in [-0.2, -0.15) is 5.10 Å². The lowest BCUT2D eigenvalue weighted by Crippen LogP contribution is -2.38. The van der Waals surface area contributed by atoms with Crippen molar-refractivity contribution >= 4 is 18.0 Å². The van der Waals surface area contributed by atoms with Crippen molar-refractivity contribution in [2.45, 2.75) is 13.0 Å². The molecular formula is C24H23N3O3. The molecule has 0 saturated heterocycles. The van der Waals surface area contributed by atoms with Gasteiger partial charge in [0.15, 0.2) is 0 Å². The van der Waals surface area contributed by atoms with Gasteiger partial charge >= 0.3 is 11.8 Å². The van der Waals surface area contributed by atoms with E-state index in [4.69, 9.17) is 4.74 Å². The molecule has 0 saturated carbocycles. The number of carbonyl (C=O) groups excluding carboxylic acids is 2. The van der Waals surface area contributed by atoms with Gasteiger partial charge in [0.1, 0.15) is 12.4 Å². The van der Waals surface area contributed by atoms with E-state index in [9.17, 15) is 9.59 Å². The molecular weight excluding hydrogens is 378 g/mol. The van der Waals surface area contributed by atoms with Crippen molar-refractivity contribution in [1.29, 1.82) is 0 Å². The number of nitrogens with one attached hydrogen (secondary N) is 2. The summed E-state index contributed by atoms with van der Waals surface area (Å²) in [5.74, 6) is -0.912. The Bertz CT molecular complexity index is 989. The zero-order chi connectivity index (χ0) is 21.0. The lowest BCUT2D eigenvalue weighted by molar-refractivity contribution is -0.139. The van der Waals surface area contributed by atoms with Gasteiger partial charge in [0.05, 0.1) is 6.21 Å². The van der Waals surface area contributed by atoms with Crippen LogP contribution in [0, 0.1) is 0 Å². The summed E-state index contributed by atoms with van der Waals surface area (Å²) in [6, 6.07) is 26.9. The summed E-state index contributed by atoms with van der Waals surface area (Å²) in [6.45, 7) is 0.790. The first-order chi connectivity index (χ1) is 14.7. The van der Waals surface area contributed by atoms with Crippen LogP contribution >= 0.6 is 0 Å². The molecule has 0 bridgehead atoms. The standard InChI is InChI=1S/C24H23N3O3/c28-23(25-16-15-19-9-3-1-4-10-19)24(29)27-26-17-21-13-7-8-14-22(21)30-18-20-11-5-2-6-12-20/h1-14,17H,15-16,18H2,(H,25,28)(H,27,29)/b26-17+. The Labute approximate surface area is 175 Å². The van der Waals surface area contributed by atoms with Crippen molar-refractivity contribution in [3.05, 3.63) is 102 Å². The molecule has 0 aliphatic rings. The van der Waals surface area contributed by atoms with Crippen molar-refractivity contribution in [3.8, 4) is 5.75 Å². The van der Waals surface area contributed by atoms with E-state index in [1.807, 2.05) is 84.9 Å². The topological polar surface area (TPSA) is 79.8 Å². The van der Waals surface area contributed by atoms with E-state index in [1.165, 1.54) is 6.21 Å². The number of hydrogen-bond donors (Lipinski definition) is 2. The molecule has 2 N–H and O–H groups in total. The van der Waals surface area contributed by atoms with Crippen LogP contribution in [0.1, 0.15) is 16.7 Å². The molecule has 3 aromatic rings. The van der Waals surface area contributed by atoms with Crippen LogP contribution < -0.4 is 15.5 Å². The number of hydrogen-bond acceptors (Lipinski definition) is 4. The third kappa shape index (κ3) is 6.60. The number of nitrogens with zero attached hydrogens (tertiary/aromatic N) is 1. The largest absolute Gasteiger partial charge is 0.488 e. The molecule has 0 spiro atoms. The van der Waals surface area contributed by atoms with Crippen molar-refractivity contribution in [2.75, 3.05) is 6.54 Å². The summed E-state index contributed by atoms with van der Waals surface area (Å²) in [5, 5.41) is 6.46. The zero-order valence-electron chi connectivity index (χ0n) is 16.5. The highest BCUT2D eigenvalue weighted by Gasteiger charge is 2.11. The van der Waals surface area contributed by atoms with Gasteiger partial charge in [-0.1, -0.05) is 72.8 Å². The van der Waals surface area contributed by atoms with Crippen LogP contribution in [0.5, 0.6) is 5.75 Å². The zero-order valence-corrected chi connectivity index (χ0v) is 16.5. The molecule has 0 aliphatic carbocycles. The van der Waals surface area contributed by atoms with Gasteiger partial charge in [-0.3, -0.25) is 9.59 Å². The second kappa shape index (κ2) is 11.2. The smallest absolute Gasteiger partial charge is 0.329 e. The Morgan fingerprint density at radius 1 is 0.800 bits per heavy atom. The third-order valence-electron chi connectivity index (χ3n) is 4.27. The number of benzene rings is 3. The van der Waals surface area contributed by atoms with Gasteiger partial charge in [-0.15, -0.1) is 0 Å². The van der Waals surface area contributed by atoms with E-state index in [1.54, 1.807) is 0 Å². The summed E-state index contributed by atoms with van der Waals surface area (Å²) in [7, 11) is 0. The monoisotopic (exact) mass is 401 g/mol. The molecule has 3 aromatic carbocycles. The molecule has 3 rings (SSSR count). The molecule has 0 unspecified atom stereocenters. The van der Waals surface area contributed by atoms with Crippen molar-refractivity contribution in [2.24, 2.45) is 5.10 Å². The van der Waals surface area contributed by atoms with Crippen molar-refractivity contribution in [1.82, 2.24) is 10.7 Å². The molecule has 0 fully saturated rings. The SMILES string of the molecule is O=C(NCCc1ccccc1)C(=O)N/N=C/c1ccccc1OCc1ccccc1. The van der Waals surface area contributed by atoms with E-state index in [2.05, 4.69) is 15.8 Å². The minimum absolute atomic E-state index is 0.371. The second-order valence-electron chi connectivity index (χ2n) is 6.50. The molecule has 0 heterocycles. The number of rotatable bonds is 8. The summed E-state index contributed by atoms with van der Waals surface area (Å²) in [6.07, 6.45) is 2.10. The Balaban J connectivity index is 1.47. The fraction of sp³-hybridized carbons (Fsp3) is 0.125. The quantitative estimate of drug-likeness (QED) is 0.346. The Morgan fingerprint density at radius 2 is 1.43 bits per heavy atom. The summed E-state index contributed by atoms with van der Waals surface area (Å²) in [5.41, 5.74) is 5.07. The molecule has 2 amide bonds. The minimum atomic E-state index is -0.818. The highest BCUT2D eigenvalue weighted by Crippen LogP contribution is 2.17. The van der Waals surface area contributed by atoms with Crippen LogP contribution in [-0.2, 0) is 22.6 Å². The van der Waals surface area contributed by atoms with Crippen LogP contribution in [0.25, 0.3) is 0 Å². The van der Waals surface area contributed by atoms with Gasteiger partial charge in [-0.25, -0.2) is 5.43 Å². The molecule has 6 nitrogen and oxygen atoms in total. The van der Waals surface area contributed by atoms with E-state index in [-0.39, 0.29) is 0 Å². The second-order valence-corrected chi connectivity index (χ2v) is 6.50. The normalized spacial score (nSPS) is 10.5. The van der Waals surface area contributed by atoms with Gasteiger partial charge in [0, 0.05) is 12.1 Å². The molecule has 152 valence electrons. The molecule has 0 atom stereocenters. The highest BCUT2D eigenvalue weighted by atomic mass is 16.5. The molecule has 0 aliphatic heterocycles. The predicted molar refractivity (Wildman–Crippen MR) is 116 cm³/mol. The van der Waals surface area contributed by atoms with Crippen LogP contribution in [0.4, 0.5) is 0 Å². The molecule has 30 heavy (non-hydrogen) atoms. The van der Waals surface area contributed by atoms with E-state index >= 15 is 0 Å². The van der Waals surface area contributed by atoms with Gasteiger partial charge in [0.25, 0.3) is 0 Å². The number of hydrazone groups is 1. The fourth-order valence-electron chi connectivity index (χ4n) is 2.71. The number of amides is 2. The van der Waals surface area contributed by atoms with Gasteiger partial charge in [0.2, 0.25) is 0 Å². The Hall–Kier alpha value is -3.93. The number of ether oxygens (including phenoxy) is 1. The fourth-order valence-corrected chi connectivity index (χ4v) is 2.71. The number of carbonyl (C=O) groups is 2.